The number of benzene rings is 1. The van der Waals surface area contributed by atoms with Crippen LogP contribution >= 0.6 is 0 Å². The summed E-state index contributed by atoms with van der Waals surface area (Å²) in [4.78, 5) is 4.22. The van der Waals surface area contributed by atoms with Crippen molar-refractivity contribution in [1.29, 1.82) is 0 Å². The van der Waals surface area contributed by atoms with Gasteiger partial charge in [-0.1, -0.05) is 25.4 Å². The Kier molecular flexibility index (Phi) is 3.71. The first-order valence-corrected chi connectivity index (χ1v) is 6.14. The number of aromatic hydroxyl groups is 2. The van der Waals surface area contributed by atoms with Crippen molar-refractivity contribution < 1.29 is 14.7 Å². The van der Waals surface area contributed by atoms with Gasteiger partial charge in [-0.3, -0.25) is 0 Å². The molecule has 6 nitrogen and oxygen atoms in total. The van der Waals surface area contributed by atoms with Gasteiger partial charge in [0.2, 0.25) is 11.7 Å². The Morgan fingerprint density at radius 2 is 2.05 bits per heavy atom. The molecule has 0 spiro atoms. The van der Waals surface area contributed by atoms with Gasteiger partial charge >= 0.3 is 0 Å². The fraction of sp³-hybridized carbons (Fsp3) is 0.385. The molecule has 0 aliphatic heterocycles. The van der Waals surface area contributed by atoms with E-state index in [0.29, 0.717) is 17.3 Å². The van der Waals surface area contributed by atoms with E-state index in [-0.39, 0.29) is 23.5 Å². The first-order chi connectivity index (χ1) is 9.02. The Bertz CT molecular complexity index is 568. The van der Waals surface area contributed by atoms with E-state index in [1.165, 1.54) is 12.1 Å². The molecule has 6 heteroatoms. The van der Waals surface area contributed by atoms with Crippen molar-refractivity contribution >= 4 is 0 Å². The predicted molar refractivity (Wildman–Crippen MR) is 69.4 cm³/mol. The SMILES string of the molecule is CCC(C)C(N)c1nc(-c2ccc(O)c(O)c2)no1. The largest absolute Gasteiger partial charge is 0.504 e. The van der Waals surface area contributed by atoms with Gasteiger partial charge < -0.3 is 20.5 Å². The van der Waals surface area contributed by atoms with E-state index in [4.69, 9.17) is 10.3 Å². The summed E-state index contributed by atoms with van der Waals surface area (Å²) in [5.74, 6) is 0.529. The number of nitrogens with zero attached hydrogens (tertiary/aromatic N) is 2. The zero-order valence-electron chi connectivity index (χ0n) is 10.9. The topological polar surface area (TPSA) is 105 Å². The molecule has 19 heavy (non-hydrogen) atoms. The molecule has 1 aromatic heterocycles. The monoisotopic (exact) mass is 263 g/mol. The van der Waals surface area contributed by atoms with Crippen molar-refractivity contribution in [2.75, 3.05) is 0 Å². The Morgan fingerprint density at radius 3 is 2.68 bits per heavy atom. The molecule has 1 heterocycles. The highest BCUT2D eigenvalue weighted by atomic mass is 16.5. The third-order valence-corrected chi connectivity index (χ3v) is 3.22. The summed E-state index contributed by atoms with van der Waals surface area (Å²) < 4.78 is 5.14. The molecule has 0 amide bonds. The van der Waals surface area contributed by atoms with Crippen LogP contribution in [0.15, 0.2) is 22.7 Å². The van der Waals surface area contributed by atoms with E-state index < -0.39 is 0 Å². The van der Waals surface area contributed by atoms with Crippen LogP contribution < -0.4 is 5.73 Å². The van der Waals surface area contributed by atoms with Gasteiger partial charge in [-0.15, -0.1) is 0 Å². The normalized spacial score (nSPS) is 14.3. The summed E-state index contributed by atoms with van der Waals surface area (Å²) in [6.45, 7) is 4.06. The first kappa shape index (κ1) is 13.4. The fourth-order valence-electron chi connectivity index (χ4n) is 1.65. The predicted octanol–water partition coefficient (Wildman–Crippen LogP) is 2.19. The molecule has 0 saturated carbocycles. The van der Waals surface area contributed by atoms with Crippen LogP contribution in [0.1, 0.15) is 32.2 Å². The summed E-state index contributed by atoms with van der Waals surface area (Å²) in [5, 5.41) is 22.5. The highest BCUT2D eigenvalue weighted by Gasteiger charge is 2.20. The van der Waals surface area contributed by atoms with Crippen LogP contribution in [0.4, 0.5) is 0 Å². The number of rotatable bonds is 4. The zero-order valence-corrected chi connectivity index (χ0v) is 10.9. The smallest absolute Gasteiger partial charge is 0.244 e. The minimum Gasteiger partial charge on any atom is -0.504 e. The lowest BCUT2D eigenvalue weighted by Crippen LogP contribution is -2.18. The highest BCUT2D eigenvalue weighted by Crippen LogP contribution is 2.30. The summed E-state index contributed by atoms with van der Waals surface area (Å²) in [6, 6.07) is 4.03. The standard InChI is InChI=1S/C13H17N3O3/c1-3-7(2)11(14)13-15-12(16-19-13)8-4-5-9(17)10(18)6-8/h4-7,11,17-18H,3,14H2,1-2H3. The van der Waals surface area contributed by atoms with Crippen LogP contribution in [-0.4, -0.2) is 20.4 Å². The van der Waals surface area contributed by atoms with E-state index in [9.17, 15) is 10.2 Å². The number of hydrogen-bond acceptors (Lipinski definition) is 6. The molecule has 0 aliphatic rings. The Labute approximate surface area is 110 Å². The first-order valence-electron chi connectivity index (χ1n) is 6.14. The van der Waals surface area contributed by atoms with Gasteiger partial charge in [-0.2, -0.15) is 4.98 Å². The van der Waals surface area contributed by atoms with Crippen LogP contribution in [0.2, 0.25) is 0 Å². The average Bonchev–Trinajstić information content (AvgIpc) is 2.89. The molecule has 2 rings (SSSR count). The van der Waals surface area contributed by atoms with Crippen molar-refractivity contribution in [2.45, 2.75) is 26.3 Å². The van der Waals surface area contributed by atoms with Crippen molar-refractivity contribution in [3.63, 3.8) is 0 Å². The Hall–Kier alpha value is -2.08. The minimum absolute atomic E-state index is 0.191. The molecule has 2 atom stereocenters. The molecule has 102 valence electrons. The number of aromatic nitrogens is 2. The minimum atomic E-state index is -0.308. The van der Waals surface area contributed by atoms with Crippen molar-refractivity contribution in [1.82, 2.24) is 10.1 Å². The van der Waals surface area contributed by atoms with Crippen LogP contribution in [0, 0.1) is 5.92 Å². The molecule has 4 N–H and O–H groups in total. The number of nitrogens with two attached hydrogens (primary N) is 1. The van der Waals surface area contributed by atoms with Gasteiger partial charge in [0.15, 0.2) is 11.5 Å². The lowest BCUT2D eigenvalue weighted by molar-refractivity contribution is 0.312. The average molecular weight is 263 g/mol. The quantitative estimate of drug-likeness (QED) is 0.730. The van der Waals surface area contributed by atoms with Crippen molar-refractivity contribution in [3.8, 4) is 22.9 Å². The van der Waals surface area contributed by atoms with Crippen LogP contribution in [0.25, 0.3) is 11.4 Å². The molecule has 0 saturated heterocycles. The second-order valence-corrected chi connectivity index (χ2v) is 4.57. The number of hydrogen-bond donors (Lipinski definition) is 3. The Morgan fingerprint density at radius 1 is 1.32 bits per heavy atom. The molecule has 2 unspecified atom stereocenters. The van der Waals surface area contributed by atoms with E-state index in [0.717, 1.165) is 6.42 Å². The number of phenols is 2. The molecule has 0 radical (unpaired) electrons. The van der Waals surface area contributed by atoms with Gasteiger partial charge in [0, 0.05) is 5.56 Å². The van der Waals surface area contributed by atoms with Gasteiger partial charge in [-0.05, 0) is 24.1 Å². The summed E-state index contributed by atoms with van der Waals surface area (Å²) >= 11 is 0. The lowest BCUT2D eigenvalue weighted by atomic mass is 10.0. The van der Waals surface area contributed by atoms with Crippen LogP contribution in [-0.2, 0) is 0 Å². The third kappa shape index (κ3) is 2.68. The molecule has 1 aromatic carbocycles. The van der Waals surface area contributed by atoms with Crippen LogP contribution in [0.3, 0.4) is 0 Å². The number of phenolic OH excluding ortho intramolecular Hbond substituents is 2. The maximum atomic E-state index is 9.44. The molecule has 2 aromatic rings. The second kappa shape index (κ2) is 5.27. The highest BCUT2D eigenvalue weighted by molar-refractivity contribution is 5.59. The van der Waals surface area contributed by atoms with E-state index in [1.54, 1.807) is 6.07 Å². The third-order valence-electron chi connectivity index (χ3n) is 3.22. The second-order valence-electron chi connectivity index (χ2n) is 4.57. The lowest BCUT2D eigenvalue weighted by Gasteiger charge is -2.12. The molecular weight excluding hydrogens is 246 g/mol. The van der Waals surface area contributed by atoms with Crippen molar-refractivity contribution in [2.24, 2.45) is 11.7 Å². The van der Waals surface area contributed by atoms with Crippen LogP contribution in [0.5, 0.6) is 11.5 Å². The summed E-state index contributed by atoms with van der Waals surface area (Å²) in [5.41, 5.74) is 6.57. The van der Waals surface area contributed by atoms with E-state index in [2.05, 4.69) is 10.1 Å². The molecular formula is C13H17N3O3. The molecule has 0 fully saturated rings. The fourth-order valence-corrected chi connectivity index (χ4v) is 1.65. The summed E-state index contributed by atoms with van der Waals surface area (Å²) in [6.07, 6.45) is 0.916. The van der Waals surface area contributed by atoms with Gasteiger partial charge in [0.1, 0.15) is 0 Å². The van der Waals surface area contributed by atoms with E-state index >= 15 is 0 Å². The van der Waals surface area contributed by atoms with E-state index in [1.807, 2.05) is 13.8 Å². The molecule has 0 bridgehead atoms. The summed E-state index contributed by atoms with van der Waals surface area (Å²) in [7, 11) is 0. The van der Waals surface area contributed by atoms with Gasteiger partial charge in [0.25, 0.3) is 0 Å². The van der Waals surface area contributed by atoms with Crippen molar-refractivity contribution in [3.05, 3.63) is 24.1 Å². The zero-order chi connectivity index (χ0) is 14.0. The van der Waals surface area contributed by atoms with Gasteiger partial charge in [-0.25, -0.2) is 0 Å². The maximum Gasteiger partial charge on any atom is 0.244 e. The molecule has 0 aliphatic carbocycles. The Balaban J connectivity index is 2.27. The maximum absolute atomic E-state index is 9.44. The van der Waals surface area contributed by atoms with Gasteiger partial charge in [0.05, 0.1) is 6.04 Å².